The Labute approximate surface area is 96.4 Å². The Balaban J connectivity index is 2.57. The Kier molecular flexibility index (Phi) is 4.35. The van der Waals surface area contributed by atoms with Crippen LogP contribution in [0.4, 0.5) is 0 Å². The third-order valence-corrected chi connectivity index (χ3v) is 1.93. The van der Waals surface area contributed by atoms with E-state index >= 15 is 0 Å². The molecule has 0 bridgehead atoms. The lowest BCUT2D eigenvalue weighted by Gasteiger charge is -2.29. The van der Waals surface area contributed by atoms with Gasteiger partial charge in [0.05, 0.1) is 6.08 Å². The van der Waals surface area contributed by atoms with Crippen molar-refractivity contribution >= 4 is 5.97 Å². The molecule has 0 fully saturated rings. The Morgan fingerprint density at radius 3 is 2.69 bits per heavy atom. The fourth-order valence-electron chi connectivity index (χ4n) is 1.30. The van der Waals surface area contributed by atoms with Gasteiger partial charge in [-0.15, -0.1) is 0 Å². The first-order valence-corrected chi connectivity index (χ1v) is 5.50. The molecular formula is C13H18O3. The van der Waals surface area contributed by atoms with E-state index < -0.39 is 5.79 Å². The number of esters is 1. The van der Waals surface area contributed by atoms with Crippen LogP contribution in [0.25, 0.3) is 0 Å². The van der Waals surface area contributed by atoms with E-state index in [1.165, 1.54) is 6.08 Å². The summed E-state index contributed by atoms with van der Waals surface area (Å²) in [4.78, 5) is 11.2. The van der Waals surface area contributed by atoms with Crippen LogP contribution < -0.4 is 0 Å². The Bertz CT molecular complexity index is 335. The maximum Gasteiger partial charge on any atom is 0.337 e. The predicted molar refractivity (Wildman–Crippen MR) is 62.5 cm³/mol. The third-order valence-electron chi connectivity index (χ3n) is 1.93. The second-order valence-corrected chi connectivity index (χ2v) is 4.05. The SMILES string of the molecule is CCCC=CC=CC1=CC(=O)OC(C)(C)O1. The first-order chi connectivity index (χ1) is 7.53. The van der Waals surface area contributed by atoms with Crippen LogP contribution in [0.3, 0.4) is 0 Å². The molecule has 3 nitrogen and oxygen atoms in total. The molecule has 0 radical (unpaired) electrons. The van der Waals surface area contributed by atoms with Gasteiger partial charge in [0, 0.05) is 13.8 Å². The van der Waals surface area contributed by atoms with E-state index in [0.29, 0.717) is 5.76 Å². The van der Waals surface area contributed by atoms with Gasteiger partial charge >= 0.3 is 5.97 Å². The van der Waals surface area contributed by atoms with Gasteiger partial charge in [0.25, 0.3) is 0 Å². The molecule has 1 aliphatic heterocycles. The largest absolute Gasteiger partial charge is 0.453 e. The molecule has 1 rings (SSSR count). The maximum absolute atomic E-state index is 11.2. The number of unbranched alkanes of at least 4 members (excludes halogenated alkanes) is 1. The molecule has 0 aromatic carbocycles. The first kappa shape index (κ1) is 12.6. The molecule has 16 heavy (non-hydrogen) atoms. The van der Waals surface area contributed by atoms with E-state index in [2.05, 4.69) is 13.0 Å². The second kappa shape index (κ2) is 5.54. The van der Waals surface area contributed by atoms with Gasteiger partial charge in [-0.3, -0.25) is 0 Å². The zero-order valence-electron chi connectivity index (χ0n) is 10.0. The summed E-state index contributed by atoms with van der Waals surface area (Å²) in [5.74, 6) is -0.714. The Morgan fingerprint density at radius 2 is 2.06 bits per heavy atom. The van der Waals surface area contributed by atoms with Crippen LogP contribution in [0.5, 0.6) is 0 Å². The van der Waals surface area contributed by atoms with Gasteiger partial charge in [0.2, 0.25) is 5.79 Å². The fraction of sp³-hybridized carbons (Fsp3) is 0.462. The molecular weight excluding hydrogens is 204 g/mol. The highest BCUT2D eigenvalue weighted by atomic mass is 16.7. The highest BCUT2D eigenvalue weighted by Crippen LogP contribution is 2.22. The summed E-state index contributed by atoms with van der Waals surface area (Å²) in [5, 5.41) is 0. The topological polar surface area (TPSA) is 35.5 Å². The summed E-state index contributed by atoms with van der Waals surface area (Å²) >= 11 is 0. The molecule has 0 unspecified atom stereocenters. The summed E-state index contributed by atoms with van der Waals surface area (Å²) in [6, 6.07) is 0. The number of hydrogen-bond acceptors (Lipinski definition) is 3. The van der Waals surface area contributed by atoms with Crippen molar-refractivity contribution in [3.05, 3.63) is 36.1 Å². The minimum absolute atomic E-state index is 0.367. The van der Waals surface area contributed by atoms with E-state index in [0.717, 1.165) is 12.8 Å². The van der Waals surface area contributed by atoms with E-state index in [4.69, 9.17) is 9.47 Å². The Hall–Kier alpha value is -1.51. The van der Waals surface area contributed by atoms with Crippen LogP contribution in [0.15, 0.2) is 36.1 Å². The zero-order chi connectivity index (χ0) is 12.0. The molecule has 0 aromatic heterocycles. The number of rotatable bonds is 4. The fourth-order valence-corrected chi connectivity index (χ4v) is 1.30. The van der Waals surface area contributed by atoms with Crippen molar-refractivity contribution in [1.29, 1.82) is 0 Å². The zero-order valence-corrected chi connectivity index (χ0v) is 10.0. The predicted octanol–water partition coefficient (Wildman–Crippen LogP) is 3.09. The van der Waals surface area contributed by atoms with Crippen LogP contribution in [0, 0.1) is 0 Å². The molecule has 1 heterocycles. The van der Waals surface area contributed by atoms with Gasteiger partial charge in [-0.05, 0) is 12.5 Å². The average Bonchev–Trinajstić information content (AvgIpc) is 2.14. The lowest BCUT2D eigenvalue weighted by molar-refractivity contribution is -0.203. The van der Waals surface area contributed by atoms with Crippen LogP contribution in [0.1, 0.15) is 33.6 Å². The van der Waals surface area contributed by atoms with Gasteiger partial charge < -0.3 is 9.47 Å². The lowest BCUT2D eigenvalue weighted by Crippen LogP contribution is -2.33. The molecule has 0 spiro atoms. The number of hydrogen-bond donors (Lipinski definition) is 0. The van der Waals surface area contributed by atoms with Crippen LogP contribution >= 0.6 is 0 Å². The van der Waals surface area contributed by atoms with E-state index in [1.54, 1.807) is 19.9 Å². The maximum atomic E-state index is 11.2. The molecule has 0 saturated heterocycles. The highest BCUT2D eigenvalue weighted by Gasteiger charge is 2.28. The number of carbonyl (C=O) groups is 1. The molecule has 88 valence electrons. The quantitative estimate of drug-likeness (QED) is 0.541. The van der Waals surface area contributed by atoms with Crippen molar-refractivity contribution in [3.8, 4) is 0 Å². The Morgan fingerprint density at radius 1 is 1.31 bits per heavy atom. The third kappa shape index (κ3) is 4.34. The molecule has 0 N–H and O–H groups in total. The van der Waals surface area contributed by atoms with Gasteiger partial charge in [-0.1, -0.05) is 31.6 Å². The molecule has 0 aromatic rings. The normalized spacial score (nSPS) is 19.7. The van der Waals surface area contributed by atoms with Crippen molar-refractivity contribution in [1.82, 2.24) is 0 Å². The van der Waals surface area contributed by atoms with E-state index in [1.807, 2.05) is 12.2 Å². The van der Waals surface area contributed by atoms with Gasteiger partial charge in [0.15, 0.2) is 0 Å². The van der Waals surface area contributed by atoms with Gasteiger partial charge in [0.1, 0.15) is 5.76 Å². The van der Waals surface area contributed by atoms with Crippen LogP contribution in [-0.2, 0) is 14.3 Å². The van der Waals surface area contributed by atoms with Gasteiger partial charge in [-0.2, -0.15) is 0 Å². The summed E-state index contributed by atoms with van der Waals surface area (Å²) in [6.07, 6.45) is 11.2. The van der Waals surface area contributed by atoms with E-state index in [9.17, 15) is 4.79 Å². The summed E-state index contributed by atoms with van der Waals surface area (Å²) in [6.45, 7) is 5.54. The molecule has 0 saturated carbocycles. The van der Waals surface area contributed by atoms with Crippen LogP contribution in [0.2, 0.25) is 0 Å². The minimum Gasteiger partial charge on any atom is -0.453 e. The lowest BCUT2D eigenvalue weighted by atomic mass is 10.2. The smallest absolute Gasteiger partial charge is 0.337 e. The average molecular weight is 222 g/mol. The van der Waals surface area contributed by atoms with Gasteiger partial charge in [-0.25, -0.2) is 4.79 Å². The number of carbonyl (C=O) groups excluding carboxylic acids is 1. The van der Waals surface area contributed by atoms with Crippen molar-refractivity contribution in [2.45, 2.75) is 39.4 Å². The first-order valence-electron chi connectivity index (χ1n) is 5.50. The van der Waals surface area contributed by atoms with Crippen LogP contribution in [-0.4, -0.2) is 11.8 Å². The number of cyclic esters (lactones) is 1. The molecule has 0 amide bonds. The second-order valence-electron chi connectivity index (χ2n) is 4.05. The monoisotopic (exact) mass is 222 g/mol. The van der Waals surface area contributed by atoms with Crippen molar-refractivity contribution in [2.24, 2.45) is 0 Å². The molecule has 1 aliphatic rings. The standard InChI is InChI=1S/C13H18O3/c1-4-5-6-7-8-9-11-10-12(14)16-13(2,3)15-11/h6-10H,4-5H2,1-3H3. The van der Waals surface area contributed by atoms with Crippen molar-refractivity contribution in [2.75, 3.05) is 0 Å². The van der Waals surface area contributed by atoms with E-state index in [-0.39, 0.29) is 5.97 Å². The van der Waals surface area contributed by atoms with Crippen molar-refractivity contribution in [3.63, 3.8) is 0 Å². The summed E-state index contributed by atoms with van der Waals surface area (Å²) in [5.41, 5.74) is 0. The molecule has 0 atom stereocenters. The summed E-state index contributed by atoms with van der Waals surface area (Å²) in [7, 11) is 0. The summed E-state index contributed by atoms with van der Waals surface area (Å²) < 4.78 is 10.4. The van der Waals surface area contributed by atoms with Crippen molar-refractivity contribution < 1.29 is 14.3 Å². The molecule has 0 aliphatic carbocycles. The number of allylic oxidation sites excluding steroid dienone is 4. The molecule has 3 heteroatoms. The minimum atomic E-state index is -0.876. The number of ether oxygens (including phenoxy) is 2. The highest BCUT2D eigenvalue weighted by molar-refractivity contribution is 5.83.